The van der Waals surface area contributed by atoms with Gasteiger partial charge in [-0.15, -0.1) is 0 Å². The van der Waals surface area contributed by atoms with Crippen molar-refractivity contribution in [1.29, 1.82) is 0 Å². The number of aliphatic hydroxyl groups is 2. The number of carboxylic acid groups (broad SMARTS) is 3. The summed E-state index contributed by atoms with van der Waals surface area (Å²) in [6.07, 6.45) is -0.495. The van der Waals surface area contributed by atoms with Crippen molar-refractivity contribution in [3.05, 3.63) is 12.2 Å². The van der Waals surface area contributed by atoms with Gasteiger partial charge in [-0.05, 0) is 62.4 Å². The zero-order valence-electron chi connectivity index (χ0n) is 15.7. The molecule has 0 saturated heterocycles. The van der Waals surface area contributed by atoms with Crippen LogP contribution in [0.2, 0.25) is 0 Å². The second-order valence-corrected chi connectivity index (χ2v) is 9.59. The van der Waals surface area contributed by atoms with Crippen molar-refractivity contribution < 1.29 is 39.9 Å². The predicted molar refractivity (Wildman–Crippen MR) is 94.1 cm³/mol. The highest BCUT2D eigenvalue weighted by Crippen LogP contribution is 2.78. The molecule has 8 nitrogen and oxygen atoms in total. The van der Waals surface area contributed by atoms with Gasteiger partial charge < -0.3 is 25.5 Å². The number of rotatable bonds is 3. The van der Waals surface area contributed by atoms with Crippen molar-refractivity contribution in [2.45, 2.75) is 57.2 Å². The summed E-state index contributed by atoms with van der Waals surface area (Å²) >= 11 is 0. The van der Waals surface area contributed by atoms with Gasteiger partial charge in [0.05, 0.1) is 28.5 Å². The Morgan fingerprint density at radius 3 is 2.25 bits per heavy atom. The van der Waals surface area contributed by atoms with E-state index in [0.29, 0.717) is 18.4 Å². The van der Waals surface area contributed by atoms with Crippen molar-refractivity contribution >= 4 is 17.9 Å². The van der Waals surface area contributed by atoms with Crippen LogP contribution in [0.4, 0.5) is 0 Å². The number of aliphatic carboxylic acids is 3. The lowest BCUT2D eigenvalue weighted by atomic mass is 9.51. The molecule has 4 aliphatic carbocycles. The SMILES string of the molecule is C=C1CC23CC1(O)CCC2C1(C(=O)O)CCC(O)C(C)(C(=O)O)C1C3C(=O)O. The molecule has 8 unspecified atom stereocenters. The highest BCUT2D eigenvalue weighted by molar-refractivity contribution is 5.86. The van der Waals surface area contributed by atoms with Gasteiger partial charge >= 0.3 is 17.9 Å². The third-order valence-electron chi connectivity index (χ3n) is 8.79. The fourth-order valence-corrected chi connectivity index (χ4v) is 7.68. The van der Waals surface area contributed by atoms with Crippen LogP contribution in [0.15, 0.2) is 12.2 Å². The molecule has 4 aliphatic rings. The largest absolute Gasteiger partial charge is 0.481 e. The van der Waals surface area contributed by atoms with E-state index in [4.69, 9.17) is 0 Å². The van der Waals surface area contributed by atoms with E-state index in [2.05, 4.69) is 6.58 Å². The molecule has 2 bridgehead atoms. The van der Waals surface area contributed by atoms with Gasteiger partial charge in [0.2, 0.25) is 0 Å². The number of hydrogen-bond acceptors (Lipinski definition) is 5. The summed E-state index contributed by atoms with van der Waals surface area (Å²) in [5.74, 6) is -7.02. The molecule has 4 saturated carbocycles. The van der Waals surface area contributed by atoms with Crippen molar-refractivity contribution in [3.63, 3.8) is 0 Å². The van der Waals surface area contributed by atoms with E-state index in [0.717, 1.165) is 0 Å². The van der Waals surface area contributed by atoms with Crippen LogP contribution >= 0.6 is 0 Å². The molecule has 8 heteroatoms. The quantitative estimate of drug-likeness (QED) is 0.446. The second-order valence-electron chi connectivity index (χ2n) is 9.59. The summed E-state index contributed by atoms with van der Waals surface area (Å²) in [7, 11) is 0. The lowest BCUT2D eigenvalue weighted by molar-refractivity contribution is -0.192. The minimum Gasteiger partial charge on any atom is -0.481 e. The van der Waals surface area contributed by atoms with Crippen LogP contribution in [0.1, 0.15) is 45.4 Å². The van der Waals surface area contributed by atoms with E-state index in [1.165, 1.54) is 6.92 Å². The fraction of sp³-hybridized carbons (Fsp3) is 0.750. The third kappa shape index (κ3) is 1.86. The first-order valence-corrected chi connectivity index (χ1v) is 9.66. The topological polar surface area (TPSA) is 152 Å². The molecule has 0 aliphatic heterocycles. The van der Waals surface area contributed by atoms with Gasteiger partial charge in [0.25, 0.3) is 0 Å². The van der Waals surface area contributed by atoms with Gasteiger partial charge in [0.1, 0.15) is 0 Å². The minimum absolute atomic E-state index is 0.0181. The average Bonchev–Trinajstić information content (AvgIpc) is 2.96. The van der Waals surface area contributed by atoms with Crippen molar-refractivity contribution in [1.82, 2.24) is 0 Å². The summed E-state index contributed by atoms with van der Waals surface area (Å²) in [6, 6.07) is 0. The first-order chi connectivity index (χ1) is 12.9. The van der Waals surface area contributed by atoms with Crippen LogP contribution in [-0.2, 0) is 14.4 Å². The summed E-state index contributed by atoms with van der Waals surface area (Å²) < 4.78 is 0. The maximum absolute atomic E-state index is 12.7. The molecule has 0 aromatic carbocycles. The molecule has 0 heterocycles. The fourth-order valence-electron chi connectivity index (χ4n) is 7.68. The molecule has 4 fully saturated rings. The van der Waals surface area contributed by atoms with Crippen LogP contribution in [0, 0.1) is 34.0 Å². The maximum Gasteiger partial charge on any atom is 0.312 e. The van der Waals surface area contributed by atoms with E-state index in [1.807, 2.05) is 0 Å². The average molecular weight is 394 g/mol. The third-order valence-corrected chi connectivity index (χ3v) is 8.79. The van der Waals surface area contributed by atoms with E-state index in [1.54, 1.807) is 0 Å². The molecular weight excluding hydrogens is 368 g/mol. The van der Waals surface area contributed by atoms with Crippen LogP contribution < -0.4 is 0 Å². The van der Waals surface area contributed by atoms with Gasteiger partial charge in [-0.25, -0.2) is 0 Å². The molecular formula is C20H26O8. The summed E-state index contributed by atoms with van der Waals surface area (Å²) in [6.45, 7) is 5.21. The van der Waals surface area contributed by atoms with Crippen molar-refractivity contribution in [2.75, 3.05) is 0 Å². The van der Waals surface area contributed by atoms with Crippen LogP contribution in [0.3, 0.4) is 0 Å². The Kier molecular flexibility index (Phi) is 3.71. The van der Waals surface area contributed by atoms with E-state index in [9.17, 15) is 39.9 Å². The lowest BCUT2D eigenvalue weighted by Crippen LogP contribution is -2.60. The lowest BCUT2D eigenvalue weighted by Gasteiger charge is -2.51. The van der Waals surface area contributed by atoms with Gasteiger partial charge in [-0.3, -0.25) is 14.4 Å². The molecule has 0 amide bonds. The molecule has 4 rings (SSSR count). The normalized spacial score (nSPS) is 52.0. The zero-order valence-corrected chi connectivity index (χ0v) is 15.7. The minimum atomic E-state index is -1.91. The van der Waals surface area contributed by atoms with Crippen molar-refractivity contribution in [3.8, 4) is 0 Å². The van der Waals surface area contributed by atoms with Gasteiger partial charge in [-0.2, -0.15) is 0 Å². The molecule has 28 heavy (non-hydrogen) atoms. The molecule has 0 aromatic heterocycles. The first kappa shape index (κ1) is 19.4. The van der Waals surface area contributed by atoms with E-state index in [-0.39, 0.29) is 25.7 Å². The Bertz CT molecular complexity index is 806. The number of carboxylic acids is 3. The highest BCUT2D eigenvalue weighted by Gasteiger charge is 2.81. The van der Waals surface area contributed by atoms with Crippen LogP contribution in [-0.4, -0.2) is 55.1 Å². The maximum atomic E-state index is 12.7. The monoisotopic (exact) mass is 394 g/mol. The standard InChI is InChI=1S/C20H26O8/c1-9-7-18-8-19(9,28)5-3-10(18)20(16(26)27)6-4-11(21)17(2,15(24)25)13(20)12(18)14(22)23/h10-13,21,28H,1,3-8H2,2H3,(H,22,23)(H,24,25)(H,26,27). The predicted octanol–water partition coefficient (Wildman–Crippen LogP) is 1.11. The Morgan fingerprint density at radius 2 is 1.71 bits per heavy atom. The van der Waals surface area contributed by atoms with Gasteiger partial charge in [-0.1, -0.05) is 6.58 Å². The van der Waals surface area contributed by atoms with E-state index < -0.39 is 63.6 Å². The van der Waals surface area contributed by atoms with E-state index >= 15 is 0 Å². The van der Waals surface area contributed by atoms with Gasteiger partial charge in [0, 0.05) is 5.92 Å². The Labute approximate surface area is 161 Å². The molecule has 154 valence electrons. The van der Waals surface area contributed by atoms with Gasteiger partial charge in [0.15, 0.2) is 0 Å². The van der Waals surface area contributed by atoms with Crippen molar-refractivity contribution in [2.24, 2.45) is 34.0 Å². The Balaban J connectivity index is 2.03. The summed E-state index contributed by atoms with van der Waals surface area (Å²) in [5.41, 5.74) is -5.29. The first-order valence-electron chi connectivity index (χ1n) is 9.66. The molecule has 5 N–H and O–H groups in total. The number of aliphatic hydroxyl groups excluding tert-OH is 1. The Hall–Kier alpha value is -1.93. The number of fused-ring (bicyclic) bond motifs is 3. The second kappa shape index (κ2) is 5.36. The molecule has 0 radical (unpaired) electrons. The molecule has 1 spiro atoms. The summed E-state index contributed by atoms with van der Waals surface area (Å²) in [4.78, 5) is 37.5. The summed E-state index contributed by atoms with van der Waals surface area (Å²) in [5, 5.41) is 52.1. The highest BCUT2D eigenvalue weighted by atomic mass is 16.4. The Morgan fingerprint density at radius 1 is 1.07 bits per heavy atom. The number of hydrogen-bond donors (Lipinski definition) is 5. The number of carbonyl (C=O) groups is 3. The van der Waals surface area contributed by atoms with Crippen LogP contribution in [0.5, 0.6) is 0 Å². The molecule has 8 atom stereocenters. The molecule has 0 aromatic rings. The zero-order chi connectivity index (χ0) is 20.9. The smallest absolute Gasteiger partial charge is 0.312 e. The van der Waals surface area contributed by atoms with Crippen LogP contribution in [0.25, 0.3) is 0 Å².